The molecule has 0 saturated carbocycles. The van der Waals surface area contributed by atoms with E-state index in [9.17, 15) is 9.18 Å². The van der Waals surface area contributed by atoms with E-state index in [0.29, 0.717) is 11.3 Å². The van der Waals surface area contributed by atoms with Gasteiger partial charge in [-0.3, -0.25) is 19.6 Å². The van der Waals surface area contributed by atoms with E-state index in [4.69, 9.17) is 0 Å². The van der Waals surface area contributed by atoms with Gasteiger partial charge in [0, 0.05) is 18.8 Å². The molecule has 5 heteroatoms. The molecule has 0 bridgehead atoms. The van der Waals surface area contributed by atoms with Crippen LogP contribution in [0.4, 0.5) is 4.39 Å². The molecule has 2 heterocycles. The molecule has 2 aromatic rings. The van der Waals surface area contributed by atoms with Crippen molar-refractivity contribution in [2.45, 2.75) is 13.8 Å². The summed E-state index contributed by atoms with van der Waals surface area (Å²) >= 11 is 0. The Kier molecular flexibility index (Phi) is 2.38. The van der Waals surface area contributed by atoms with E-state index in [1.807, 2.05) is 0 Å². The molecule has 2 aromatic heterocycles. The number of aromatic amines is 1. The summed E-state index contributed by atoms with van der Waals surface area (Å²) < 4.78 is 15.0. The van der Waals surface area contributed by atoms with Gasteiger partial charge in [0.1, 0.15) is 5.69 Å². The van der Waals surface area contributed by atoms with Crippen molar-refractivity contribution in [2.24, 2.45) is 7.05 Å². The van der Waals surface area contributed by atoms with Crippen molar-refractivity contribution in [1.82, 2.24) is 14.8 Å². The van der Waals surface area contributed by atoms with Gasteiger partial charge in [-0.15, -0.1) is 0 Å². The largest absolute Gasteiger partial charge is 0.293 e. The Hall–Kier alpha value is -1.91. The van der Waals surface area contributed by atoms with E-state index in [-0.39, 0.29) is 11.3 Å². The van der Waals surface area contributed by atoms with E-state index in [0.717, 1.165) is 5.56 Å². The van der Waals surface area contributed by atoms with Crippen molar-refractivity contribution in [3.63, 3.8) is 0 Å². The van der Waals surface area contributed by atoms with Crippen molar-refractivity contribution < 1.29 is 4.39 Å². The van der Waals surface area contributed by atoms with Gasteiger partial charge in [-0.05, 0) is 25.5 Å². The third-order valence-electron chi connectivity index (χ3n) is 2.49. The Morgan fingerprint density at radius 3 is 2.62 bits per heavy atom. The average molecular weight is 221 g/mol. The Labute approximate surface area is 91.7 Å². The lowest BCUT2D eigenvalue weighted by Crippen LogP contribution is -2.12. The highest BCUT2D eigenvalue weighted by Crippen LogP contribution is 2.20. The Morgan fingerprint density at radius 2 is 2.12 bits per heavy atom. The Bertz CT molecular complexity index is 598. The van der Waals surface area contributed by atoms with Crippen LogP contribution in [0.1, 0.15) is 11.1 Å². The molecule has 0 atom stereocenters. The molecular weight excluding hydrogens is 209 g/mol. The molecule has 0 saturated heterocycles. The van der Waals surface area contributed by atoms with Crippen LogP contribution in [-0.4, -0.2) is 14.8 Å². The fourth-order valence-corrected chi connectivity index (χ4v) is 1.61. The lowest BCUT2D eigenvalue weighted by molar-refractivity contribution is 0.622. The van der Waals surface area contributed by atoms with Crippen LogP contribution in [-0.2, 0) is 7.05 Å². The Morgan fingerprint density at radius 1 is 1.44 bits per heavy atom. The highest BCUT2D eigenvalue weighted by molar-refractivity contribution is 5.58. The van der Waals surface area contributed by atoms with Gasteiger partial charge >= 0.3 is 0 Å². The van der Waals surface area contributed by atoms with E-state index in [1.165, 1.54) is 10.7 Å². The number of nitrogens with one attached hydrogen (secondary N) is 1. The molecule has 0 spiro atoms. The molecule has 1 N–H and O–H groups in total. The number of hydrogen-bond acceptors (Lipinski definition) is 2. The minimum absolute atomic E-state index is 0.170. The zero-order chi connectivity index (χ0) is 11.9. The number of aryl methyl sites for hydroxylation is 2. The second kappa shape index (κ2) is 3.59. The minimum atomic E-state index is -0.426. The van der Waals surface area contributed by atoms with Gasteiger partial charge in [-0.1, -0.05) is 0 Å². The zero-order valence-electron chi connectivity index (χ0n) is 9.34. The van der Waals surface area contributed by atoms with E-state index in [1.54, 1.807) is 27.1 Å². The van der Waals surface area contributed by atoms with Gasteiger partial charge in [0.15, 0.2) is 5.82 Å². The third-order valence-corrected chi connectivity index (χ3v) is 2.49. The Balaban J connectivity index is 2.68. The van der Waals surface area contributed by atoms with E-state index >= 15 is 0 Å². The first-order chi connectivity index (χ1) is 7.50. The number of H-pyrrole nitrogens is 1. The minimum Gasteiger partial charge on any atom is -0.293 e. The fraction of sp³-hybridized carbons (Fsp3) is 0.273. The topological polar surface area (TPSA) is 50.7 Å². The second-order valence-corrected chi connectivity index (χ2v) is 3.82. The number of halogens is 1. The number of hydrogen-bond donors (Lipinski definition) is 1. The summed E-state index contributed by atoms with van der Waals surface area (Å²) in [5, 5.41) is 2.79. The summed E-state index contributed by atoms with van der Waals surface area (Å²) in [5.74, 6) is -0.426. The van der Waals surface area contributed by atoms with Gasteiger partial charge in [-0.25, -0.2) is 4.39 Å². The van der Waals surface area contributed by atoms with Crippen LogP contribution in [0.2, 0.25) is 0 Å². The van der Waals surface area contributed by atoms with Crippen molar-refractivity contribution in [3.8, 4) is 11.4 Å². The highest BCUT2D eigenvalue weighted by Gasteiger charge is 2.14. The smallest absolute Gasteiger partial charge is 0.269 e. The molecule has 0 radical (unpaired) electrons. The van der Waals surface area contributed by atoms with Crippen LogP contribution in [0, 0.1) is 19.7 Å². The maximum atomic E-state index is 13.7. The molecule has 0 aromatic carbocycles. The van der Waals surface area contributed by atoms with Gasteiger partial charge in [0.2, 0.25) is 0 Å². The van der Waals surface area contributed by atoms with Crippen molar-refractivity contribution >= 4 is 0 Å². The van der Waals surface area contributed by atoms with Crippen LogP contribution < -0.4 is 5.56 Å². The molecule has 0 aliphatic carbocycles. The quantitative estimate of drug-likeness (QED) is 0.794. The van der Waals surface area contributed by atoms with Crippen LogP contribution >= 0.6 is 0 Å². The number of aromatic nitrogens is 3. The first-order valence-corrected chi connectivity index (χ1v) is 4.89. The van der Waals surface area contributed by atoms with Crippen LogP contribution in [0.15, 0.2) is 17.1 Å². The molecule has 2 rings (SSSR count). The van der Waals surface area contributed by atoms with Crippen LogP contribution in [0.3, 0.4) is 0 Å². The first-order valence-electron chi connectivity index (χ1n) is 4.89. The van der Waals surface area contributed by atoms with Crippen LogP contribution in [0.5, 0.6) is 0 Å². The van der Waals surface area contributed by atoms with Gasteiger partial charge in [0.25, 0.3) is 5.56 Å². The maximum Gasteiger partial charge on any atom is 0.269 e. The third kappa shape index (κ3) is 1.54. The molecule has 0 fully saturated rings. The molecular formula is C11H12FN3O. The van der Waals surface area contributed by atoms with Crippen molar-refractivity contribution in [1.29, 1.82) is 0 Å². The molecule has 4 nitrogen and oxygen atoms in total. The summed E-state index contributed by atoms with van der Waals surface area (Å²) in [4.78, 5) is 15.5. The number of pyridine rings is 1. The SMILES string of the molecule is Cc1cnc(-c2[nH]n(C)c(=O)c2C)c(F)c1. The number of rotatable bonds is 1. The van der Waals surface area contributed by atoms with Crippen molar-refractivity contribution in [3.05, 3.63) is 39.6 Å². The lowest BCUT2D eigenvalue weighted by atomic mass is 10.1. The fourth-order valence-electron chi connectivity index (χ4n) is 1.61. The number of nitrogens with zero attached hydrogens (tertiary/aromatic N) is 2. The molecule has 0 unspecified atom stereocenters. The predicted octanol–water partition coefficient (Wildman–Crippen LogP) is 1.53. The van der Waals surface area contributed by atoms with E-state index < -0.39 is 5.82 Å². The summed E-state index contributed by atoms with van der Waals surface area (Å²) in [6, 6.07) is 1.40. The summed E-state index contributed by atoms with van der Waals surface area (Å²) in [7, 11) is 1.59. The highest BCUT2D eigenvalue weighted by atomic mass is 19.1. The second-order valence-electron chi connectivity index (χ2n) is 3.82. The summed E-state index contributed by atoms with van der Waals surface area (Å²) in [6.45, 7) is 3.41. The summed E-state index contributed by atoms with van der Waals surface area (Å²) in [5.41, 5.74) is 1.66. The predicted molar refractivity (Wildman–Crippen MR) is 58.7 cm³/mol. The average Bonchev–Trinajstić information content (AvgIpc) is 2.46. The lowest BCUT2D eigenvalue weighted by Gasteiger charge is -2.01. The molecule has 0 amide bonds. The van der Waals surface area contributed by atoms with Crippen LogP contribution in [0.25, 0.3) is 11.4 Å². The normalized spacial score (nSPS) is 10.8. The van der Waals surface area contributed by atoms with Gasteiger partial charge < -0.3 is 0 Å². The molecule has 84 valence electrons. The van der Waals surface area contributed by atoms with Gasteiger partial charge in [-0.2, -0.15) is 0 Å². The zero-order valence-corrected chi connectivity index (χ0v) is 9.34. The van der Waals surface area contributed by atoms with Gasteiger partial charge in [0.05, 0.1) is 5.69 Å². The maximum absolute atomic E-state index is 13.7. The standard InChI is InChI=1S/C11H12FN3O/c1-6-4-8(12)10(13-5-6)9-7(2)11(16)15(3)14-9/h4-5,14H,1-3H3. The van der Waals surface area contributed by atoms with Crippen molar-refractivity contribution in [2.75, 3.05) is 0 Å². The monoisotopic (exact) mass is 221 g/mol. The molecule has 16 heavy (non-hydrogen) atoms. The first kappa shape index (κ1) is 10.6. The molecule has 0 aliphatic heterocycles. The van der Waals surface area contributed by atoms with E-state index in [2.05, 4.69) is 10.1 Å². The summed E-state index contributed by atoms with van der Waals surface area (Å²) in [6.07, 6.45) is 1.57. The molecule has 0 aliphatic rings.